The molecule has 0 fully saturated rings. The summed E-state index contributed by atoms with van der Waals surface area (Å²) < 4.78 is 28.9. The van der Waals surface area contributed by atoms with Gasteiger partial charge < -0.3 is 0 Å². The van der Waals surface area contributed by atoms with E-state index in [2.05, 4.69) is 4.98 Å². The Labute approximate surface area is 183 Å². The number of nitro benzene ring substituents is 1. The molecule has 0 unspecified atom stereocenters. The molecule has 1 heterocycles. The van der Waals surface area contributed by atoms with Gasteiger partial charge in [0.1, 0.15) is 11.6 Å². The molecule has 32 heavy (non-hydrogen) atoms. The second-order valence-electron chi connectivity index (χ2n) is 6.66. The number of rotatable bonds is 6. The second-order valence-corrected chi connectivity index (χ2v) is 7.61. The third kappa shape index (κ3) is 4.12. The molecule has 0 aliphatic rings. The van der Waals surface area contributed by atoms with Crippen LogP contribution in [0.2, 0.25) is 0 Å². The molecule has 0 saturated heterocycles. The van der Waals surface area contributed by atoms with E-state index in [1.54, 1.807) is 24.3 Å². The van der Waals surface area contributed by atoms with E-state index in [4.69, 9.17) is 0 Å². The maximum atomic E-state index is 14.5. The maximum Gasteiger partial charge on any atom is 0.269 e. The number of thioether (sulfide) groups is 1. The number of halogens is 2. The largest absolute Gasteiger partial charge is 0.293 e. The highest BCUT2D eigenvalue weighted by molar-refractivity contribution is 7.99. The van der Waals surface area contributed by atoms with Crippen molar-refractivity contribution in [2.75, 3.05) is 5.75 Å². The van der Waals surface area contributed by atoms with Crippen LogP contribution in [0.15, 0.2) is 76.7 Å². The molecule has 10 heteroatoms. The van der Waals surface area contributed by atoms with E-state index >= 15 is 0 Å². The number of aromatic nitrogens is 2. The average molecular weight is 453 g/mol. The van der Waals surface area contributed by atoms with Crippen molar-refractivity contribution in [2.24, 2.45) is 0 Å². The van der Waals surface area contributed by atoms with Crippen molar-refractivity contribution in [3.63, 3.8) is 0 Å². The lowest BCUT2D eigenvalue weighted by molar-refractivity contribution is -0.384. The van der Waals surface area contributed by atoms with Crippen LogP contribution in [0, 0.1) is 21.7 Å². The molecule has 0 spiro atoms. The van der Waals surface area contributed by atoms with Gasteiger partial charge in [-0.3, -0.25) is 24.3 Å². The average Bonchev–Trinajstić information content (AvgIpc) is 2.78. The van der Waals surface area contributed by atoms with Crippen LogP contribution in [0.5, 0.6) is 0 Å². The number of nitro groups is 1. The van der Waals surface area contributed by atoms with Crippen LogP contribution in [0.4, 0.5) is 14.5 Å². The van der Waals surface area contributed by atoms with Crippen LogP contribution in [0.25, 0.3) is 16.6 Å². The summed E-state index contributed by atoms with van der Waals surface area (Å²) in [6.45, 7) is 0. The van der Waals surface area contributed by atoms with E-state index in [1.165, 1.54) is 24.3 Å². The Hall–Kier alpha value is -3.92. The van der Waals surface area contributed by atoms with Crippen LogP contribution in [0.1, 0.15) is 10.4 Å². The van der Waals surface area contributed by atoms with Crippen LogP contribution >= 0.6 is 11.8 Å². The Morgan fingerprint density at radius 3 is 2.47 bits per heavy atom. The normalized spacial score (nSPS) is 10.9. The Kier molecular flexibility index (Phi) is 5.78. The number of hydrogen-bond acceptors (Lipinski definition) is 6. The molecule has 160 valence electrons. The van der Waals surface area contributed by atoms with Gasteiger partial charge in [0.15, 0.2) is 10.9 Å². The number of benzene rings is 3. The molecule has 1 aromatic heterocycles. The van der Waals surface area contributed by atoms with E-state index in [-0.39, 0.29) is 39.0 Å². The lowest BCUT2D eigenvalue weighted by Gasteiger charge is -2.13. The standard InChI is InChI=1S/C22H13F2N3O4S/c23-14-7-10-19(17(24)11-14)26-21(29)16-3-1-2-4-18(16)25-22(26)32-12-20(28)13-5-8-15(9-6-13)27(30)31/h1-11H,12H2. The van der Waals surface area contributed by atoms with E-state index < -0.39 is 22.1 Å². The predicted octanol–water partition coefficient (Wildman–Crippen LogP) is 4.55. The molecule has 3 aromatic carbocycles. The van der Waals surface area contributed by atoms with Crippen LogP contribution in [-0.4, -0.2) is 26.0 Å². The summed E-state index contributed by atoms with van der Waals surface area (Å²) in [6, 6.07) is 14.4. The Morgan fingerprint density at radius 2 is 1.78 bits per heavy atom. The highest BCUT2D eigenvalue weighted by Crippen LogP contribution is 2.24. The molecule has 0 N–H and O–H groups in total. The van der Waals surface area contributed by atoms with Gasteiger partial charge >= 0.3 is 0 Å². The highest BCUT2D eigenvalue weighted by atomic mass is 32.2. The van der Waals surface area contributed by atoms with Crippen LogP contribution < -0.4 is 5.56 Å². The molecule has 0 aliphatic carbocycles. The molecule has 0 atom stereocenters. The third-order valence-electron chi connectivity index (χ3n) is 4.63. The number of carbonyl (C=O) groups is 1. The van der Waals surface area contributed by atoms with E-state index in [0.717, 1.165) is 28.5 Å². The van der Waals surface area contributed by atoms with Gasteiger partial charge in [0.05, 0.1) is 27.3 Å². The SMILES string of the molecule is O=C(CSc1nc2ccccc2c(=O)n1-c1ccc(F)cc1F)c1ccc([N+](=O)[O-])cc1. The number of nitrogens with zero attached hydrogens (tertiary/aromatic N) is 3. The number of para-hydroxylation sites is 1. The van der Waals surface area contributed by atoms with Crippen molar-refractivity contribution < 1.29 is 18.5 Å². The summed E-state index contributed by atoms with van der Waals surface area (Å²) in [7, 11) is 0. The van der Waals surface area contributed by atoms with Gasteiger partial charge in [-0.15, -0.1) is 0 Å². The molecule has 0 saturated carbocycles. The Bertz CT molecular complexity index is 1420. The smallest absolute Gasteiger partial charge is 0.269 e. The van der Waals surface area contributed by atoms with Crippen molar-refractivity contribution in [1.29, 1.82) is 0 Å². The zero-order valence-electron chi connectivity index (χ0n) is 16.2. The highest BCUT2D eigenvalue weighted by Gasteiger charge is 2.18. The molecule has 4 aromatic rings. The second kappa shape index (κ2) is 8.67. The van der Waals surface area contributed by atoms with Crippen LogP contribution in [-0.2, 0) is 0 Å². The maximum absolute atomic E-state index is 14.5. The molecule has 4 rings (SSSR count). The fraction of sp³-hybridized carbons (Fsp3) is 0.0455. The third-order valence-corrected chi connectivity index (χ3v) is 5.57. The van der Waals surface area contributed by atoms with Crippen molar-refractivity contribution >= 4 is 34.1 Å². The van der Waals surface area contributed by atoms with Crippen LogP contribution in [0.3, 0.4) is 0 Å². The molecular formula is C22H13F2N3O4S. The van der Waals surface area contributed by atoms with Crippen molar-refractivity contribution in [3.05, 3.63) is 104 Å². The van der Waals surface area contributed by atoms with E-state index in [9.17, 15) is 28.5 Å². The topological polar surface area (TPSA) is 95.1 Å². The van der Waals surface area contributed by atoms with E-state index in [0.29, 0.717) is 11.6 Å². The van der Waals surface area contributed by atoms with Gasteiger partial charge in [-0.1, -0.05) is 23.9 Å². The number of carbonyl (C=O) groups excluding carboxylic acids is 1. The molecule has 0 amide bonds. The lowest BCUT2D eigenvalue weighted by Crippen LogP contribution is -2.23. The number of Topliss-reactive ketones (excluding diaryl/α,β-unsaturated/α-hetero) is 1. The van der Waals surface area contributed by atoms with Gasteiger partial charge in [0.25, 0.3) is 11.2 Å². The first-order chi connectivity index (χ1) is 15.3. The zero-order valence-corrected chi connectivity index (χ0v) is 17.0. The predicted molar refractivity (Wildman–Crippen MR) is 115 cm³/mol. The minimum Gasteiger partial charge on any atom is -0.293 e. The van der Waals surface area contributed by atoms with Crippen molar-refractivity contribution in [3.8, 4) is 5.69 Å². The monoisotopic (exact) mass is 453 g/mol. The van der Waals surface area contributed by atoms with Gasteiger partial charge in [-0.05, 0) is 36.4 Å². The van der Waals surface area contributed by atoms with Gasteiger partial charge in [-0.2, -0.15) is 0 Å². The summed E-state index contributed by atoms with van der Waals surface area (Å²) in [4.78, 5) is 40.3. The fourth-order valence-corrected chi connectivity index (χ4v) is 3.97. The lowest BCUT2D eigenvalue weighted by atomic mass is 10.1. The van der Waals surface area contributed by atoms with Gasteiger partial charge in [-0.25, -0.2) is 13.8 Å². The molecule has 7 nitrogen and oxygen atoms in total. The summed E-state index contributed by atoms with van der Waals surface area (Å²) in [5.74, 6) is -2.27. The molecule has 0 bridgehead atoms. The number of fused-ring (bicyclic) bond motifs is 1. The fourth-order valence-electron chi connectivity index (χ4n) is 3.07. The molecule has 0 aliphatic heterocycles. The molecule has 0 radical (unpaired) electrons. The summed E-state index contributed by atoms with van der Waals surface area (Å²) in [6.07, 6.45) is 0. The number of hydrogen-bond donors (Lipinski definition) is 0. The first-order valence-electron chi connectivity index (χ1n) is 9.23. The first-order valence-corrected chi connectivity index (χ1v) is 10.2. The van der Waals surface area contributed by atoms with Crippen molar-refractivity contribution in [2.45, 2.75) is 5.16 Å². The summed E-state index contributed by atoms with van der Waals surface area (Å²) in [5.41, 5.74) is -0.301. The van der Waals surface area contributed by atoms with E-state index in [1.807, 2.05) is 0 Å². The minimum atomic E-state index is -0.951. The number of ketones is 1. The van der Waals surface area contributed by atoms with Gasteiger partial charge in [0.2, 0.25) is 0 Å². The summed E-state index contributed by atoms with van der Waals surface area (Å²) in [5, 5.41) is 11.1. The molecular weight excluding hydrogens is 440 g/mol. The van der Waals surface area contributed by atoms with Gasteiger partial charge in [0, 0.05) is 23.8 Å². The van der Waals surface area contributed by atoms with Crippen molar-refractivity contribution in [1.82, 2.24) is 9.55 Å². The zero-order chi connectivity index (χ0) is 22.8. The first kappa shape index (κ1) is 21.3. The summed E-state index contributed by atoms with van der Waals surface area (Å²) >= 11 is 0.905. The minimum absolute atomic E-state index is 0.0504. The number of non-ortho nitro benzene ring substituents is 1. The Balaban J connectivity index is 1.73. The Morgan fingerprint density at radius 1 is 1.06 bits per heavy atom. The quantitative estimate of drug-likeness (QED) is 0.140.